The van der Waals surface area contributed by atoms with E-state index >= 15 is 0 Å². The lowest BCUT2D eigenvalue weighted by atomic mass is 9.95. The summed E-state index contributed by atoms with van der Waals surface area (Å²) in [4.78, 5) is 0. The summed E-state index contributed by atoms with van der Waals surface area (Å²) < 4.78 is 0. The predicted octanol–water partition coefficient (Wildman–Crippen LogP) is 1.92. The van der Waals surface area contributed by atoms with Crippen molar-refractivity contribution in [3.8, 4) is 6.07 Å². The van der Waals surface area contributed by atoms with Gasteiger partial charge in [0.25, 0.3) is 0 Å². The first kappa shape index (κ1) is 9.02. The highest BCUT2D eigenvalue weighted by Gasteiger charge is 2.38. The van der Waals surface area contributed by atoms with Gasteiger partial charge in [-0.1, -0.05) is 6.42 Å². The van der Waals surface area contributed by atoms with Crippen LogP contribution in [0, 0.1) is 29.1 Å². The second-order valence-electron chi connectivity index (χ2n) is 4.72. The number of fused-ring (bicyclic) bond motifs is 2. The van der Waals surface area contributed by atoms with Crippen LogP contribution in [-0.4, -0.2) is 12.6 Å². The van der Waals surface area contributed by atoms with E-state index in [4.69, 9.17) is 5.26 Å². The van der Waals surface area contributed by atoms with E-state index in [0.717, 1.165) is 24.4 Å². The SMILES string of the molecule is CC(C#N)CNC1CC2CCC1C2. The van der Waals surface area contributed by atoms with Crippen LogP contribution in [0.3, 0.4) is 0 Å². The van der Waals surface area contributed by atoms with Gasteiger partial charge in [-0.25, -0.2) is 0 Å². The maximum Gasteiger partial charge on any atom is 0.0666 e. The van der Waals surface area contributed by atoms with Crippen LogP contribution in [0.2, 0.25) is 0 Å². The Morgan fingerprint density at radius 3 is 2.85 bits per heavy atom. The van der Waals surface area contributed by atoms with Gasteiger partial charge in [0.1, 0.15) is 0 Å². The Labute approximate surface area is 80.3 Å². The number of nitriles is 1. The van der Waals surface area contributed by atoms with E-state index in [1.165, 1.54) is 25.7 Å². The maximum absolute atomic E-state index is 8.65. The molecule has 2 aliphatic rings. The van der Waals surface area contributed by atoms with Gasteiger partial charge in [-0.15, -0.1) is 0 Å². The lowest BCUT2D eigenvalue weighted by Crippen LogP contribution is -2.36. The van der Waals surface area contributed by atoms with Crippen molar-refractivity contribution in [2.45, 2.75) is 38.6 Å². The first-order valence-electron chi connectivity index (χ1n) is 5.42. The van der Waals surface area contributed by atoms with Gasteiger partial charge >= 0.3 is 0 Å². The molecule has 0 aromatic rings. The van der Waals surface area contributed by atoms with Crippen molar-refractivity contribution in [1.82, 2.24) is 5.32 Å². The van der Waals surface area contributed by atoms with Crippen LogP contribution in [0.25, 0.3) is 0 Å². The van der Waals surface area contributed by atoms with Gasteiger partial charge in [0.15, 0.2) is 0 Å². The molecule has 4 unspecified atom stereocenters. The van der Waals surface area contributed by atoms with E-state index < -0.39 is 0 Å². The summed E-state index contributed by atoms with van der Waals surface area (Å²) in [5, 5.41) is 12.2. The van der Waals surface area contributed by atoms with Crippen LogP contribution in [0.4, 0.5) is 0 Å². The maximum atomic E-state index is 8.65. The standard InChI is InChI=1S/C11H18N2/c1-8(6-12)7-13-11-5-9-2-3-10(11)4-9/h8-11,13H,2-5,7H2,1H3. The van der Waals surface area contributed by atoms with Gasteiger partial charge in [0.05, 0.1) is 12.0 Å². The Morgan fingerprint density at radius 2 is 2.31 bits per heavy atom. The Kier molecular flexibility index (Phi) is 2.55. The second-order valence-corrected chi connectivity index (χ2v) is 4.72. The van der Waals surface area contributed by atoms with E-state index in [1.807, 2.05) is 6.92 Å². The van der Waals surface area contributed by atoms with Gasteiger partial charge in [-0.2, -0.15) is 5.26 Å². The molecular formula is C11H18N2. The Balaban J connectivity index is 1.75. The lowest BCUT2D eigenvalue weighted by molar-refractivity contribution is 0.344. The fourth-order valence-corrected chi connectivity index (χ4v) is 2.87. The molecular weight excluding hydrogens is 160 g/mol. The number of nitrogens with zero attached hydrogens (tertiary/aromatic N) is 1. The molecule has 4 atom stereocenters. The molecule has 0 heterocycles. The number of hydrogen-bond donors (Lipinski definition) is 1. The minimum Gasteiger partial charge on any atom is -0.312 e. The van der Waals surface area contributed by atoms with Crippen LogP contribution in [0.5, 0.6) is 0 Å². The molecule has 2 nitrogen and oxygen atoms in total. The molecule has 2 saturated carbocycles. The molecule has 1 N–H and O–H groups in total. The van der Waals surface area contributed by atoms with Crippen LogP contribution < -0.4 is 5.32 Å². The van der Waals surface area contributed by atoms with Gasteiger partial charge in [-0.05, 0) is 38.0 Å². The highest BCUT2D eigenvalue weighted by molar-refractivity contribution is 4.95. The first-order chi connectivity index (χ1) is 6.29. The molecule has 0 saturated heterocycles. The molecule has 0 aromatic heterocycles. The summed E-state index contributed by atoms with van der Waals surface area (Å²) in [5.74, 6) is 2.09. The topological polar surface area (TPSA) is 35.8 Å². The molecule has 2 heteroatoms. The number of rotatable bonds is 3. The highest BCUT2D eigenvalue weighted by atomic mass is 14.9. The monoisotopic (exact) mass is 178 g/mol. The van der Waals surface area contributed by atoms with Crippen LogP contribution in [-0.2, 0) is 0 Å². The summed E-state index contributed by atoms with van der Waals surface area (Å²) in [6, 6.07) is 3.00. The van der Waals surface area contributed by atoms with Crippen LogP contribution in [0.15, 0.2) is 0 Å². The third-order valence-electron chi connectivity index (χ3n) is 3.64. The molecule has 72 valence electrons. The molecule has 0 aromatic carbocycles. The summed E-state index contributed by atoms with van der Waals surface area (Å²) in [7, 11) is 0. The van der Waals surface area contributed by atoms with Gasteiger partial charge in [-0.3, -0.25) is 0 Å². The fourth-order valence-electron chi connectivity index (χ4n) is 2.87. The van der Waals surface area contributed by atoms with E-state index in [-0.39, 0.29) is 5.92 Å². The van der Waals surface area contributed by atoms with Gasteiger partial charge in [0.2, 0.25) is 0 Å². The summed E-state index contributed by atoms with van der Waals surface area (Å²) >= 11 is 0. The molecule has 0 aliphatic heterocycles. The zero-order valence-corrected chi connectivity index (χ0v) is 8.29. The number of hydrogen-bond acceptors (Lipinski definition) is 2. The molecule has 2 rings (SSSR count). The molecule has 2 aliphatic carbocycles. The third kappa shape index (κ3) is 1.86. The molecule has 2 fully saturated rings. The number of nitrogens with one attached hydrogen (secondary N) is 1. The predicted molar refractivity (Wildman–Crippen MR) is 52.0 cm³/mol. The molecule has 13 heavy (non-hydrogen) atoms. The fraction of sp³-hybridized carbons (Fsp3) is 0.909. The van der Waals surface area contributed by atoms with Crippen LogP contribution in [0.1, 0.15) is 32.6 Å². The quantitative estimate of drug-likeness (QED) is 0.716. The average molecular weight is 178 g/mol. The summed E-state index contributed by atoms with van der Waals surface area (Å²) in [6.45, 7) is 2.87. The zero-order chi connectivity index (χ0) is 9.26. The summed E-state index contributed by atoms with van der Waals surface area (Å²) in [5.41, 5.74) is 0. The Hall–Kier alpha value is -0.550. The van der Waals surface area contributed by atoms with Crippen molar-refractivity contribution in [3.05, 3.63) is 0 Å². The highest BCUT2D eigenvalue weighted by Crippen LogP contribution is 2.44. The van der Waals surface area contributed by atoms with Crippen molar-refractivity contribution in [2.75, 3.05) is 6.54 Å². The van der Waals surface area contributed by atoms with Gasteiger partial charge in [0, 0.05) is 12.6 Å². The van der Waals surface area contributed by atoms with E-state index in [2.05, 4.69) is 11.4 Å². The van der Waals surface area contributed by atoms with Crippen molar-refractivity contribution in [3.63, 3.8) is 0 Å². The van der Waals surface area contributed by atoms with Gasteiger partial charge < -0.3 is 5.32 Å². The largest absolute Gasteiger partial charge is 0.312 e. The molecule has 0 amide bonds. The molecule has 0 radical (unpaired) electrons. The Bertz CT molecular complexity index is 219. The zero-order valence-electron chi connectivity index (χ0n) is 8.29. The van der Waals surface area contributed by atoms with E-state index in [0.29, 0.717) is 0 Å². The second kappa shape index (κ2) is 3.67. The van der Waals surface area contributed by atoms with Crippen molar-refractivity contribution >= 4 is 0 Å². The minimum atomic E-state index is 0.166. The van der Waals surface area contributed by atoms with Crippen molar-refractivity contribution in [2.24, 2.45) is 17.8 Å². The van der Waals surface area contributed by atoms with E-state index in [1.54, 1.807) is 0 Å². The summed E-state index contributed by atoms with van der Waals surface area (Å²) in [6.07, 6.45) is 5.68. The normalized spacial score (nSPS) is 38.9. The lowest BCUT2D eigenvalue weighted by Gasteiger charge is -2.23. The third-order valence-corrected chi connectivity index (χ3v) is 3.64. The van der Waals surface area contributed by atoms with Crippen molar-refractivity contribution < 1.29 is 0 Å². The Morgan fingerprint density at radius 1 is 1.46 bits per heavy atom. The van der Waals surface area contributed by atoms with Crippen molar-refractivity contribution in [1.29, 1.82) is 5.26 Å². The molecule has 2 bridgehead atoms. The minimum absolute atomic E-state index is 0.166. The molecule has 0 spiro atoms. The van der Waals surface area contributed by atoms with E-state index in [9.17, 15) is 0 Å². The smallest absolute Gasteiger partial charge is 0.0666 e. The first-order valence-corrected chi connectivity index (χ1v) is 5.42. The average Bonchev–Trinajstić information content (AvgIpc) is 2.74. The van der Waals surface area contributed by atoms with Crippen LogP contribution >= 0.6 is 0 Å².